The number of rotatable bonds is 7. The Kier molecular flexibility index (Phi) is 6.86. The van der Waals surface area contributed by atoms with Gasteiger partial charge in [-0.2, -0.15) is 0 Å². The van der Waals surface area contributed by atoms with Crippen molar-refractivity contribution in [3.05, 3.63) is 28.8 Å². The van der Waals surface area contributed by atoms with Gasteiger partial charge in [-0.05, 0) is 36.6 Å². The summed E-state index contributed by atoms with van der Waals surface area (Å²) in [6.45, 7) is 0. The fourth-order valence-corrected chi connectivity index (χ4v) is 4.23. The van der Waals surface area contributed by atoms with E-state index in [4.69, 9.17) is 14.2 Å². The minimum absolute atomic E-state index is 0.264. The molecule has 28 heavy (non-hydrogen) atoms. The summed E-state index contributed by atoms with van der Waals surface area (Å²) >= 11 is 1.46. The van der Waals surface area contributed by atoms with Crippen molar-refractivity contribution in [2.45, 2.75) is 38.0 Å². The van der Waals surface area contributed by atoms with Crippen LogP contribution in [0.15, 0.2) is 18.2 Å². The molecular weight excluding hydrogens is 378 g/mol. The molecule has 0 saturated heterocycles. The first kappa shape index (κ1) is 20.1. The fraction of sp³-hybridized carbons (Fsp3) is 0.450. The van der Waals surface area contributed by atoms with E-state index < -0.39 is 0 Å². The average Bonchev–Trinajstić information content (AvgIpc) is 3.20. The molecule has 1 aromatic carbocycles. The predicted molar refractivity (Wildman–Crippen MR) is 109 cm³/mol. The Labute approximate surface area is 168 Å². The minimum atomic E-state index is -0.264. The van der Waals surface area contributed by atoms with Crippen molar-refractivity contribution < 1.29 is 19.0 Å². The molecule has 0 aliphatic heterocycles. The molecule has 3 rings (SSSR count). The SMILES string of the molecule is COc1cc(/C=C/C(=O)Nc2nnc(C3CCCCC3)s2)cc(OC)c1OC. The zero-order valence-corrected chi connectivity index (χ0v) is 17.2. The molecular formula is C20H25N3O4S. The number of carbonyl (C=O) groups excluding carboxylic acids is 1. The average molecular weight is 404 g/mol. The Bertz CT molecular complexity index is 819. The molecule has 0 radical (unpaired) electrons. The summed E-state index contributed by atoms with van der Waals surface area (Å²) < 4.78 is 16.0. The number of carbonyl (C=O) groups is 1. The van der Waals surface area contributed by atoms with Gasteiger partial charge in [0, 0.05) is 12.0 Å². The molecule has 1 aromatic heterocycles. The van der Waals surface area contributed by atoms with E-state index >= 15 is 0 Å². The number of nitrogens with zero attached hydrogens (tertiary/aromatic N) is 2. The summed E-state index contributed by atoms with van der Waals surface area (Å²) in [7, 11) is 4.65. The van der Waals surface area contributed by atoms with Crippen molar-refractivity contribution in [2.24, 2.45) is 0 Å². The van der Waals surface area contributed by atoms with Crippen LogP contribution >= 0.6 is 11.3 Å². The molecule has 0 atom stereocenters. The Balaban J connectivity index is 1.66. The van der Waals surface area contributed by atoms with Gasteiger partial charge < -0.3 is 14.2 Å². The van der Waals surface area contributed by atoms with E-state index in [1.165, 1.54) is 36.7 Å². The molecule has 0 unspecified atom stereocenters. The van der Waals surface area contributed by atoms with Gasteiger partial charge in [0.2, 0.25) is 16.8 Å². The standard InChI is InChI=1S/C20H25N3O4S/c1-25-15-11-13(12-16(26-2)18(15)27-3)9-10-17(24)21-20-23-22-19(28-20)14-7-5-4-6-8-14/h9-12,14H,4-8H2,1-3H3,(H,21,23,24)/b10-9+. The molecule has 7 nitrogen and oxygen atoms in total. The molecule has 0 bridgehead atoms. The van der Waals surface area contributed by atoms with E-state index in [9.17, 15) is 4.79 Å². The van der Waals surface area contributed by atoms with Crippen LogP contribution in [-0.4, -0.2) is 37.4 Å². The second-order valence-electron chi connectivity index (χ2n) is 6.56. The third kappa shape index (κ3) is 4.81. The lowest BCUT2D eigenvalue weighted by atomic mass is 9.90. The number of anilines is 1. The van der Waals surface area contributed by atoms with Gasteiger partial charge in [-0.25, -0.2) is 0 Å². The van der Waals surface area contributed by atoms with E-state index in [0.717, 1.165) is 23.4 Å². The lowest BCUT2D eigenvalue weighted by molar-refractivity contribution is -0.111. The summed E-state index contributed by atoms with van der Waals surface area (Å²) in [5, 5.41) is 12.7. The predicted octanol–water partition coefficient (Wildman–Crippen LogP) is 4.26. The van der Waals surface area contributed by atoms with E-state index in [-0.39, 0.29) is 5.91 Å². The van der Waals surface area contributed by atoms with Crippen molar-refractivity contribution in [1.82, 2.24) is 10.2 Å². The number of methoxy groups -OCH3 is 3. The van der Waals surface area contributed by atoms with E-state index in [1.54, 1.807) is 39.5 Å². The van der Waals surface area contributed by atoms with Gasteiger partial charge in [0.15, 0.2) is 11.5 Å². The van der Waals surface area contributed by atoms with E-state index in [2.05, 4.69) is 15.5 Å². The summed E-state index contributed by atoms with van der Waals surface area (Å²) in [6, 6.07) is 3.55. The largest absolute Gasteiger partial charge is 0.493 e. The van der Waals surface area contributed by atoms with Crippen LogP contribution in [0, 0.1) is 0 Å². The summed E-state index contributed by atoms with van der Waals surface area (Å²) in [4.78, 5) is 12.3. The number of nitrogens with one attached hydrogen (secondary N) is 1. The quantitative estimate of drug-likeness (QED) is 0.696. The number of aromatic nitrogens is 2. The van der Waals surface area contributed by atoms with Gasteiger partial charge in [0.05, 0.1) is 21.3 Å². The fourth-order valence-electron chi connectivity index (χ4n) is 3.32. The van der Waals surface area contributed by atoms with Crippen LogP contribution in [0.5, 0.6) is 17.2 Å². The lowest BCUT2D eigenvalue weighted by Crippen LogP contribution is -2.07. The first-order chi connectivity index (χ1) is 13.6. The number of hydrogen-bond acceptors (Lipinski definition) is 7. The molecule has 1 fully saturated rings. The van der Waals surface area contributed by atoms with Crippen LogP contribution in [0.4, 0.5) is 5.13 Å². The minimum Gasteiger partial charge on any atom is -0.493 e. The molecule has 1 N–H and O–H groups in total. The van der Waals surface area contributed by atoms with Gasteiger partial charge in [0.1, 0.15) is 5.01 Å². The normalized spacial score (nSPS) is 14.8. The van der Waals surface area contributed by atoms with E-state index in [1.807, 2.05) is 0 Å². The number of hydrogen-bond donors (Lipinski definition) is 1. The van der Waals surface area contributed by atoms with Crippen LogP contribution in [-0.2, 0) is 4.79 Å². The van der Waals surface area contributed by atoms with Crippen molar-refractivity contribution in [1.29, 1.82) is 0 Å². The highest BCUT2D eigenvalue weighted by Gasteiger charge is 2.20. The molecule has 150 valence electrons. The van der Waals surface area contributed by atoms with Gasteiger partial charge in [-0.15, -0.1) is 10.2 Å². The van der Waals surface area contributed by atoms with Crippen molar-refractivity contribution in [2.75, 3.05) is 26.6 Å². The maximum Gasteiger partial charge on any atom is 0.250 e. The highest BCUT2D eigenvalue weighted by molar-refractivity contribution is 7.15. The first-order valence-corrected chi connectivity index (χ1v) is 10.1. The van der Waals surface area contributed by atoms with Crippen LogP contribution in [0.1, 0.15) is 48.6 Å². The first-order valence-electron chi connectivity index (χ1n) is 9.27. The number of benzene rings is 1. The van der Waals surface area contributed by atoms with Crippen molar-refractivity contribution in [3.63, 3.8) is 0 Å². The Hall–Kier alpha value is -2.61. The Morgan fingerprint density at radius 2 is 1.75 bits per heavy atom. The zero-order valence-electron chi connectivity index (χ0n) is 16.4. The lowest BCUT2D eigenvalue weighted by Gasteiger charge is -2.18. The molecule has 0 spiro atoms. The highest BCUT2D eigenvalue weighted by atomic mass is 32.1. The van der Waals surface area contributed by atoms with Gasteiger partial charge in [0.25, 0.3) is 0 Å². The topological polar surface area (TPSA) is 82.6 Å². The molecule has 1 amide bonds. The van der Waals surface area contributed by atoms with Crippen molar-refractivity contribution in [3.8, 4) is 17.2 Å². The zero-order chi connectivity index (χ0) is 19.9. The summed E-state index contributed by atoms with van der Waals surface area (Å²) in [5.41, 5.74) is 0.754. The van der Waals surface area contributed by atoms with Gasteiger partial charge in [-0.1, -0.05) is 30.6 Å². The Morgan fingerprint density at radius 3 is 2.36 bits per heavy atom. The highest BCUT2D eigenvalue weighted by Crippen LogP contribution is 2.38. The third-order valence-corrected chi connectivity index (χ3v) is 5.74. The molecule has 1 heterocycles. The number of amides is 1. The monoisotopic (exact) mass is 403 g/mol. The second-order valence-corrected chi connectivity index (χ2v) is 7.57. The van der Waals surface area contributed by atoms with E-state index in [0.29, 0.717) is 28.3 Å². The smallest absolute Gasteiger partial charge is 0.250 e. The molecule has 2 aromatic rings. The van der Waals surface area contributed by atoms with Crippen LogP contribution in [0.2, 0.25) is 0 Å². The maximum absolute atomic E-state index is 12.3. The molecule has 1 saturated carbocycles. The van der Waals surface area contributed by atoms with Gasteiger partial charge >= 0.3 is 0 Å². The molecule has 1 aliphatic rings. The Morgan fingerprint density at radius 1 is 1.07 bits per heavy atom. The maximum atomic E-state index is 12.3. The van der Waals surface area contributed by atoms with Crippen LogP contribution < -0.4 is 19.5 Å². The number of ether oxygens (including phenoxy) is 3. The summed E-state index contributed by atoms with van der Waals surface area (Å²) in [5.74, 6) is 1.79. The van der Waals surface area contributed by atoms with Gasteiger partial charge in [-0.3, -0.25) is 10.1 Å². The molecule has 1 aliphatic carbocycles. The second kappa shape index (κ2) is 9.54. The van der Waals surface area contributed by atoms with Crippen LogP contribution in [0.3, 0.4) is 0 Å². The third-order valence-electron chi connectivity index (χ3n) is 4.74. The van der Waals surface area contributed by atoms with Crippen LogP contribution in [0.25, 0.3) is 6.08 Å². The molecule has 8 heteroatoms. The summed E-state index contributed by atoms with van der Waals surface area (Å²) in [6.07, 6.45) is 9.22. The van der Waals surface area contributed by atoms with Crippen molar-refractivity contribution >= 4 is 28.5 Å².